The SMILES string of the molecule is CCOCCCN(CC)C1CCNCC1. The highest BCUT2D eigenvalue weighted by Crippen LogP contribution is 2.11. The second-order valence-corrected chi connectivity index (χ2v) is 4.16. The number of piperidine rings is 1. The van der Waals surface area contributed by atoms with Crippen molar-refractivity contribution < 1.29 is 4.74 Å². The van der Waals surface area contributed by atoms with Crippen molar-refractivity contribution in [1.29, 1.82) is 0 Å². The molecule has 0 spiro atoms. The predicted octanol–water partition coefficient (Wildman–Crippen LogP) is 1.49. The maximum atomic E-state index is 5.38. The first-order chi connectivity index (χ1) is 7.38. The average molecular weight is 214 g/mol. The van der Waals surface area contributed by atoms with Gasteiger partial charge in [-0.1, -0.05) is 6.92 Å². The molecule has 0 radical (unpaired) electrons. The van der Waals surface area contributed by atoms with E-state index in [9.17, 15) is 0 Å². The van der Waals surface area contributed by atoms with E-state index in [4.69, 9.17) is 4.74 Å². The molecular formula is C12H26N2O. The van der Waals surface area contributed by atoms with Crippen LogP contribution in [0.15, 0.2) is 0 Å². The second-order valence-electron chi connectivity index (χ2n) is 4.16. The zero-order valence-corrected chi connectivity index (χ0v) is 10.3. The molecule has 3 heteroatoms. The van der Waals surface area contributed by atoms with Crippen LogP contribution in [0.1, 0.15) is 33.1 Å². The molecule has 0 aromatic rings. The van der Waals surface area contributed by atoms with Crippen molar-refractivity contribution in [3.05, 3.63) is 0 Å². The minimum atomic E-state index is 0.804. The van der Waals surface area contributed by atoms with Crippen LogP contribution in [0.5, 0.6) is 0 Å². The Hall–Kier alpha value is -0.120. The summed E-state index contributed by atoms with van der Waals surface area (Å²) in [5, 5.41) is 3.42. The molecule has 0 aromatic heterocycles. The quantitative estimate of drug-likeness (QED) is 0.650. The van der Waals surface area contributed by atoms with Crippen LogP contribution >= 0.6 is 0 Å². The van der Waals surface area contributed by atoms with Crippen LogP contribution in [0.4, 0.5) is 0 Å². The van der Waals surface area contributed by atoms with Crippen molar-refractivity contribution in [2.45, 2.75) is 39.2 Å². The van der Waals surface area contributed by atoms with Gasteiger partial charge in [0.15, 0.2) is 0 Å². The van der Waals surface area contributed by atoms with Crippen LogP contribution in [0.2, 0.25) is 0 Å². The van der Waals surface area contributed by atoms with Gasteiger partial charge < -0.3 is 15.0 Å². The maximum absolute atomic E-state index is 5.38. The zero-order chi connectivity index (χ0) is 10.9. The summed E-state index contributed by atoms with van der Waals surface area (Å²) in [6.07, 6.45) is 3.79. The van der Waals surface area contributed by atoms with Crippen LogP contribution < -0.4 is 5.32 Å². The molecule has 0 bridgehead atoms. The number of hydrogen-bond acceptors (Lipinski definition) is 3. The van der Waals surface area contributed by atoms with Gasteiger partial charge in [-0.2, -0.15) is 0 Å². The summed E-state index contributed by atoms with van der Waals surface area (Å²) in [4.78, 5) is 2.61. The summed E-state index contributed by atoms with van der Waals surface area (Å²) in [7, 11) is 0. The van der Waals surface area contributed by atoms with E-state index in [1.165, 1.54) is 45.4 Å². The Kier molecular flexibility index (Phi) is 6.98. The fourth-order valence-electron chi connectivity index (χ4n) is 2.28. The third kappa shape index (κ3) is 4.96. The fourth-order valence-corrected chi connectivity index (χ4v) is 2.28. The van der Waals surface area contributed by atoms with Crippen molar-refractivity contribution in [3.8, 4) is 0 Å². The zero-order valence-electron chi connectivity index (χ0n) is 10.3. The number of nitrogens with zero attached hydrogens (tertiary/aromatic N) is 1. The normalized spacial score (nSPS) is 18.6. The summed E-state index contributed by atoms with van der Waals surface area (Å²) >= 11 is 0. The number of hydrogen-bond donors (Lipinski definition) is 1. The Morgan fingerprint density at radius 1 is 1.27 bits per heavy atom. The first-order valence-corrected chi connectivity index (χ1v) is 6.41. The lowest BCUT2D eigenvalue weighted by molar-refractivity contribution is 0.114. The van der Waals surface area contributed by atoms with Gasteiger partial charge in [-0.25, -0.2) is 0 Å². The van der Waals surface area contributed by atoms with Gasteiger partial charge in [0, 0.05) is 25.8 Å². The first kappa shape index (κ1) is 12.9. The average Bonchev–Trinajstić information content (AvgIpc) is 2.30. The van der Waals surface area contributed by atoms with Crippen LogP contribution in [-0.2, 0) is 4.74 Å². The smallest absolute Gasteiger partial charge is 0.0478 e. The van der Waals surface area contributed by atoms with E-state index >= 15 is 0 Å². The highest BCUT2D eigenvalue weighted by Gasteiger charge is 2.18. The Labute approximate surface area is 94.2 Å². The van der Waals surface area contributed by atoms with Crippen LogP contribution in [0, 0.1) is 0 Å². The van der Waals surface area contributed by atoms with Gasteiger partial charge in [-0.05, 0) is 45.8 Å². The van der Waals surface area contributed by atoms with Crippen molar-refractivity contribution in [2.75, 3.05) is 39.4 Å². The van der Waals surface area contributed by atoms with Crippen molar-refractivity contribution in [3.63, 3.8) is 0 Å². The molecule has 1 aliphatic heterocycles. The molecule has 0 atom stereocenters. The third-order valence-electron chi connectivity index (χ3n) is 3.17. The summed E-state index contributed by atoms with van der Waals surface area (Å²) < 4.78 is 5.38. The van der Waals surface area contributed by atoms with E-state index in [0.717, 1.165) is 19.3 Å². The molecule has 1 rings (SSSR count). The van der Waals surface area contributed by atoms with Crippen LogP contribution in [0.25, 0.3) is 0 Å². The second kappa shape index (κ2) is 8.08. The van der Waals surface area contributed by atoms with E-state index in [-0.39, 0.29) is 0 Å². The molecule has 90 valence electrons. The maximum Gasteiger partial charge on any atom is 0.0478 e. The lowest BCUT2D eigenvalue weighted by Gasteiger charge is -2.33. The summed E-state index contributed by atoms with van der Waals surface area (Å²) in [5.74, 6) is 0. The van der Waals surface area contributed by atoms with Crippen molar-refractivity contribution in [1.82, 2.24) is 10.2 Å². The van der Waals surface area contributed by atoms with Crippen LogP contribution in [0.3, 0.4) is 0 Å². The minimum absolute atomic E-state index is 0.804. The first-order valence-electron chi connectivity index (χ1n) is 6.41. The molecule has 15 heavy (non-hydrogen) atoms. The van der Waals surface area contributed by atoms with E-state index in [1.807, 2.05) is 0 Å². The highest BCUT2D eigenvalue weighted by molar-refractivity contribution is 4.76. The Morgan fingerprint density at radius 3 is 2.60 bits per heavy atom. The topological polar surface area (TPSA) is 24.5 Å². The molecule has 0 aliphatic carbocycles. The minimum Gasteiger partial charge on any atom is -0.382 e. The van der Waals surface area contributed by atoms with Gasteiger partial charge in [0.1, 0.15) is 0 Å². The monoisotopic (exact) mass is 214 g/mol. The van der Waals surface area contributed by atoms with Crippen LogP contribution in [-0.4, -0.2) is 50.3 Å². The molecule has 0 saturated carbocycles. The van der Waals surface area contributed by atoms with E-state index in [2.05, 4.69) is 24.1 Å². The van der Waals surface area contributed by atoms with Gasteiger partial charge in [0.2, 0.25) is 0 Å². The molecule has 0 unspecified atom stereocenters. The molecular weight excluding hydrogens is 188 g/mol. The molecule has 1 saturated heterocycles. The van der Waals surface area contributed by atoms with Crippen molar-refractivity contribution >= 4 is 0 Å². The predicted molar refractivity (Wildman–Crippen MR) is 64.2 cm³/mol. The lowest BCUT2D eigenvalue weighted by atomic mass is 10.0. The number of rotatable bonds is 7. The highest BCUT2D eigenvalue weighted by atomic mass is 16.5. The van der Waals surface area contributed by atoms with Gasteiger partial charge in [0.25, 0.3) is 0 Å². The Balaban J connectivity index is 2.15. The molecule has 1 aliphatic rings. The van der Waals surface area contributed by atoms with Gasteiger partial charge in [-0.3, -0.25) is 0 Å². The molecule has 1 fully saturated rings. The summed E-state index contributed by atoms with van der Waals surface area (Å²) in [6.45, 7) is 10.8. The molecule has 0 amide bonds. The molecule has 1 heterocycles. The van der Waals surface area contributed by atoms with E-state index < -0.39 is 0 Å². The Morgan fingerprint density at radius 2 is 2.00 bits per heavy atom. The standard InChI is InChI=1S/C12H26N2O/c1-3-14(10-5-11-15-4-2)12-6-8-13-9-7-12/h12-13H,3-11H2,1-2H3. The molecule has 3 nitrogen and oxygen atoms in total. The van der Waals surface area contributed by atoms with E-state index in [1.54, 1.807) is 0 Å². The van der Waals surface area contributed by atoms with Crippen molar-refractivity contribution in [2.24, 2.45) is 0 Å². The van der Waals surface area contributed by atoms with Gasteiger partial charge >= 0.3 is 0 Å². The summed E-state index contributed by atoms with van der Waals surface area (Å²) in [6, 6.07) is 0.804. The van der Waals surface area contributed by atoms with Gasteiger partial charge in [-0.15, -0.1) is 0 Å². The number of nitrogens with one attached hydrogen (secondary N) is 1. The fraction of sp³-hybridized carbons (Fsp3) is 1.00. The molecule has 1 N–H and O–H groups in total. The van der Waals surface area contributed by atoms with Gasteiger partial charge in [0.05, 0.1) is 0 Å². The number of ether oxygens (including phenoxy) is 1. The third-order valence-corrected chi connectivity index (χ3v) is 3.17. The molecule has 0 aromatic carbocycles. The Bertz CT molecular complexity index is 147. The van der Waals surface area contributed by atoms with E-state index in [0.29, 0.717) is 0 Å². The lowest BCUT2D eigenvalue weighted by Crippen LogP contribution is -2.43. The summed E-state index contributed by atoms with van der Waals surface area (Å²) in [5.41, 5.74) is 0. The largest absolute Gasteiger partial charge is 0.382 e.